The zero-order valence-electron chi connectivity index (χ0n) is 18.7. The third-order valence-electron chi connectivity index (χ3n) is 4.90. The number of nitrogens with zero attached hydrogens (tertiary/aromatic N) is 2. The number of ether oxygens (including phenoxy) is 2. The molecule has 2 aromatic rings. The fourth-order valence-corrected chi connectivity index (χ4v) is 4.34. The van der Waals surface area contributed by atoms with Crippen LogP contribution in [0.2, 0.25) is 0 Å². The molecule has 1 heterocycles. The summed E-state index contributed by atoms with van der Waals surface area (Å²) in [6.07, 6.45) is 1.43. The van der Waals surface area contributed by atoms with Crippen LogP contribution in [-0.4, -0.2) is 61.3 Å². The minimum Gasteiger partial charge on any atom is -0.493 e. The molecule has 0 saturated heterocycles. The van der Waals surface area contributed by atoms with E-state index in [1.807, 2.05) is 43.0 Å². The van der Waals surface area contributed by atoms with Gasteiger partial charge in [-0.15, -0.1) is 22.9 Å². The van der Waals surface area contributed by atoms with Crippen LogP contribution in [0.15, 0.2) is 30.3 Å². The van der Waals surface area contributed by atoms with Gasteiger partial charge in [-0.05, 0) is 49.6 Å². The number of alkyl halides is 1. The molecule has 6 nitrogen and oxygen atoms in total. The van der Waals surface area contributed by atoms with Gasteiger partial charge in [0, 0.05) is 22.8 Å². The molecule has 2 rings (SSSR count). The molecule has 0 aliphatic carbocycles. The van der Waals surface area contributed by atoms with Gasteiger partial charge in [0.25, 0.3) is 0 Å². The van der Waals surface area contributed by atoms with Gasteiger partial charge in [-0.3, -0.25) is 9.59 Å². The number of carbonyl (C=O) groups excluding carboxylic acids is 2. The molecule has 0 spiro atoms. The molecular formula is C23H31ClN2O4S. The molecule has 0 bridgehead atoms. The SMILES string of the molecule is CCCN(CC(=O)N(CCc1ccc(OC)c(OC)c1)Cc1ccc(C)s1)C(=O)CCl. The van der Waals surface area contributed by atoms with Crippen molar-refractivity contribution in [3.63, 3.8) is 0 Å². The second-order valence-corrected chi connectivity index (χ2v) is 8.86. The van der Waals surface area contributed by atoms with Gasteiger partial charge in [0.15, 0.2) is 11.5 Å². The third-order valence-corrected chi connectivity index (χ3v) is 6.11. The van der Waals surface area contributed by atoms with Gasteiger partial charge < -0.3 is 19.3 Å². The first-order chi connectivity index (χ1) is 14.9. The number of amides is 2. The number of aryl methyl sites for hydroxylation is 1. The van der Waals surface area contributed by atoms with Crippen LogP contribution in [0.5, 0.6) is 11.5 Å². The quantitative estimate of drug-likeness (QED) is 0.441. The van der Waals surface area contributed by atoms with Crippen LogP contribution in [0.25, 0.3) is 0 Å². The van der Waals surface area contributed by atoms with E-state index in [0.717, 1.165) is 16.9 Å². The van der Waals surface area contributed by atoms with Crippen molar-refractivity contribution in [3.05, 3.63) is 45.6 Å². The number of thiophene rings is 1. The van der Waals surface area contributed by atoms with Crippen molar-refractivity contribution in [2.24, 2.45) is 0 Å². The number of methoxy groups -OCH3 is 2. The van der Waals surface area contributed by atoms with Crippen molar-refractivity contribution < 1.29 is 19.1 Å². The number of hydrogen-bond acceptors (Lipinski definition) is 5. The van der Waals surface area contributed by atoms with Crippen LogP contribution >= 0.6 is 22.9 Å². The molecule has 0 atom stereocenters. The molecule has 1 aromatic heterocycles. The first-order valence-electron chi connectivity index (χ1n) is 10.3. The molecule has 170 valence electrons. The number of benzene rings is 1. The van der Waals surface area contributed by atoms with E-state index < -0.39 is 0 Å². The van der Waals surface area contributed by atoms with E-state index in [-0.39, 0.29) is 24.2 Å². The normalized spacial score (nSPS) is 10.6. The summed E-state index contributed by atoms with van der Waals surface area (Å²) >= 11 is 7.41. The van der Waals surface area contributed by atoms with Crippen molar-refractivity contribution in [1.29, 1.82) is 0 Å². The average molecular weight is 467 g/mol. The van der Waals surface area contributed by atoms with E-state index in [1.165, 1.54) is 4.88 Å². The highest BCUT2D eigenvalue weighted by atomic mass is 35.5. The summed E-state index contributed by atoms with van der Waals surface area (Å²) in [5.41, 5.74) is 1.04. The molecule has 0 aliphatic heterocycles. The number of carbonyl (C=O) groups is 2. The fraction of sp³-hybridized carbons (Fsp3) is 0.478. The number of hydrogen-bond donors (Lipinski definition) is 0. The first kappa shape index (κ1) is 25.0. The lowest BCUT2D eigenvalue weighted by Crippen LogP contribution is -2.44. The Kier molecular flexibility index (Phi) is 10.1. The molecule has 0 saturated carbocycles. The predicted molar refractivity (Wildman–Crippen MR) is 125 cm³/mol. The van der Waals surface area contributed by atoms with Crippen LogP contribution < -0.4 is 9.47 Å². The zero-order valence-corrected chi connectivity index (χ0v) is 20.2. The van der Waals surface area contributed by atoms with Gasteiger partial charge in [0.05, 0.1) is 27.3 Å². The van der Waals surface area contributed by atoms with Crippen LogP contribution in [-0.2, 0) is 22.6 Å². The Hall–Kier alpha value is -2.25. The molecule has 1 aromatic carbocycles. The Bertz CT molecular complexity index is 871. The van der Waals surface area contributed by atoms with Crippen molar-refractivity contribution >= 4 is 34.8 Å². The minimum absolute atomic E-state index is 0.0374. The van der Waals surface area contributed by atoms with Crippen LogP contribution in [0.1, 0.15) is 28.7 Å². The Morgan fingerprint density at radius 1 is 1.00 bits per heavy atom. The average Bonchev–Trinajstić information content (AvgIpc) is 3.19. The smallest absolute Gasteiger partial charge is 0.242 e. The lowest BCUT2D eigenvalue weighted by molar-refractivity contribution is -0.139. The largest absolute Gasteiger partial charge is 0.493 e. The standard InChI is InChI=1S/C23H31ClN2O4S/c1-5-11-25(22(27)14-24)16-23(28)26(15-19-8-6-17(2)31-19)12-10-18-7-9-20(29-3)21(13-18)30-4/h6-9,13H,5,10-12,14-16H2,1-4H3. The maximum atomic E-state index is 13.2. The monoisotopic (exact) mass is 466 g/mol. The zero-order chi connectivity index (χ0) is 22.8. The van der Waals surface area contributed by atoms with Gasteiger partial charge in [0.1, 0.15) is 5.88 Å². The van der Waals surface area contributed by atoms with Gasteiger partial charge in [-0.25, -0.2) is 0 Å². The van der Waals surface area contributed by atoms with E-state index in [2.05, 4.69) is 6.07 Å². The molecule has 0 radical (unpaired) electrons. The third kappa shape index (κ3) is 7.43. The predicted octanol–water partition coefficient (Wildman–Crippen LogP) is 4.12. The highest BCUT2D eigenvalue weighted by Crippen LogP contribution is 2.28. The van der Waals surface area contributed by atoms with Crippen LogP contribution in [0.3, 0.4) is 0 Å². The lowest BCUT2D eigenvalue weighted by atomic mass is 10.1. The van der Waals surface area contributed by atoms with Crippen molar-refractivity contribution in [2.75, 3.05) is 39.7 Å². The summed E-state index contributed by atoms with van der Waals surface area (Å²) in [4.78, 5) is 31.0. The topological polar surface area (TPSA) is 59.1 Å². The number of rotatable bonds is 12. The Balaban J connectivity index is 2.15. The summed E-state index contributed by atoms with van der Waals surface area (Å²) in [5.74, 6) is 0.905. The summed E-state index contributed by atoms with van der Waals surface area (Å²) in [7, 11) is 3.21. The maximum absolute atomic E-state index is 13.2. The molecule has 2 amide bonds. The van der Waals surface area contributed by atoms with Crippen molar-refractivity contribution in [2.45, 2.75) is 33.2 Å². The second-order valence-electron chi connectivity index (χ2n) is 7.22. The first-order valence-corrected chi connectivity index (χ1v) is 11.6. The molecule has 31 heavy (non-hydrogen) atoms. The molecule has 8 heteroatoms. The fourth-order valence-electron chi connectivity index (χ4n) is 3.26. The van der Waals surface area contributed by atoms with Crippen LogP contribution in [0.4, 0.5) is 0 Å². The maximum Gasteiger partial charge on any atom is 0.242 e. The van der Waals surface area contributed by atoms with E-state index in [4.69, 9.17) is 21.1 Å². The minimum atomic E-state index is -0.219. The Labute approximate surface area is 193 Å². The number of halogens is 1. The lowest BCUT2D eigenvalue weighted by Gasteiger charge is -2.27. The Morgan fingerprint density at radius 2 is 1.74 bits per heavy atom. The van der Waals surface area contributed by atoms with Gasteiger partial charge in [-0.1, -0.05) is 13.0 Å². The molecular weight excluding hydrogens is 436 g/mol. The molecule has 0 aliphatic rings. The van der Waals surface area contributed by atoms with E-state index in [1.54, 1.807) is 30.5 Å². The summed E-state index contributed by atoms with van der Waals surface area (Å²) < 4.78 is 10.7. The Morgan fingerprint density at radius 3 is 2.32 bits per heavy atom. The summed E-state index contributed by atoms with van der Waals surface area (Å²) in [5, 5.41) is 0. The molecule has 0 fully saturated rings. The van der Waals surface area contributed by atoms with Crippen LogP contribution in [0, 0.1) is 6.92 Å². The highest BCUT2D eigenvalue weighted by Gasteiger charge is 2.21. The van der Waals surface area contributed by atoms with Gasteiger partial charge in [0.2, 0.25) is 11.8 Å². The van der Waals surface area contributed by atoms with Crippen molar-refractivity contribution in [1.82, 2.24) is 9.80 Å². The molecule has 0 N–H and O–H groups in total. The van der Waals surface area contributed by atoms with E-state index in [0.29, 0.717) is 37.6 Å². The van der Waals surface area contributed by atoms with E-state index >= 15 is 0 Å². The van der Waals surface area contributed by atoms with Gasteiger partial charge in [-0.2, -0.15) is 0 Å². The second kappa shape index (κ2) is 12.6. The highest BCUT2D eigenvalue weighted by molar-refractivity contribution is 7.11. The van der Waals surface area contributed by atoms with E-state index in [9.17, 15) is 9.59 Å². The summed E-state index contributed by atoms with van der Waals surface area (Å²) in [6.45, 7) is 5.61. The van der Waals surface area contributed by atoms with Gasteiger partial charge >= 0.3 is 0 Å². The van der Waals surface area contributed by atoms with Crippen molar-refractivity contribution in [3.8, 4) is 11.5 Å². The molecule has 0 unspecified atom stereocenters. The summed E-state index contributed by atoms with van der Waals surface area (Å²) in [6, 6.07) is 9.86.